The van der Waals surface area contributed by atoms with E-state index in [1.165, 1.54) is 19.6 Å². The van der Waals surface area contributed by atoms with Crippen LogP contribution >= 0.6 is 0 Å². The van der Waals surface area contributed by atoms with Crippen LogP contribution in [0.4, 0.5) is 5.69 Å². The van der Waals surface area contributed by atoms with E-state index >= 15 is 4.79 Å². The zero-order valence-corrected chi connectivity index (χ0v) is 37.9. The molecule has 1 aromatic heterocycles. The van der Waals surface area contributed by atoms with Crippen molar-refractivity contribution < 1.29 is 38.4 Å². The molecule has 2 aromatic carbocycles. The highest BCUT2D eigenvalue weighted by Gasteiger charge is 2.78. The number of carbonyl (C=O) groups is 3. The van der Waals surface area contributed by atoms with Crippen LogP contribution in [0.2, 0.25) is 0 Å². The van der Waals surface area contributed by atoms with Gasteiger partial charge in [-0.1, -0.05) is 55.8 Å². The van der Waals surface area contributed by atoms with Crippen molar-refractivity contribution in [2.24, 2.45) is 16.7 Å². The number of H-pyrrole nitrogens is 1. The number of aromatic nitrogens is 1. The van der Waals surface area contributed by atoms with Crippen molar-refractivity contribution in [3.8, 4) is 5.75 Å². The summed E-state index contributed by atoms with van der Waals surface area (Å²) in [6.07, 6.45) is 8.94. The van der Waals surface area contributed by atoms with Crippen molar-refractivity contribution in [1.29, 1.82) is 0 Å². The van der Waals surface area contributed by atoms with Crippen LogP contribution in [-0.2, 0) is 45.8 Å². The van der Waals surface area contributed by atoms with Gasteiger partial charge in [0.25, 0.3) is 0 Å². The van der Waals surface area contributed by atoms with E-state index in [9.17, 15) is 14.7 Å². The number of hydrogen-bond acceptors (Lipinski definition) is 11. The van der Waals surface area contributed by atoms with Crippen molar-refractivity contribution >= 4 is 34.5 Å². The molecule has 6 heterocycles. The van der Waals surface area contributed by atoms with E-state index < -0.39 is 51.3 Å². The third kappa shape index (κ3) is 5.91. The van der Waals surface area contributed by atoms with E-state index in [2.05, 4.69) is 76.0 Å². The van der Waals surface area contributed by atoms with Gasteiger partial charge in [-0.2, -0.15) is 0 Å². The average Bonchev–Trinajstić information content (AvgIpc) is 3.92. The lowest BCUT2D eigenvalue weighted by atomic mass is 9.47. The van der Waals surface area contributed by atoms with Gasteiger partial charge in [0.05, 0.1) is 25.7 Å². The monoisotopic (exact) mass is 848 g/mol. The number of methoxy groups -OCH3 is 2. The van der Waals surface area contributed by atoms with Crippen LogP contribution in [0.25, 0.3) is 10.9 Å². The Labute approximate surface area is 365 Å². The molecule has 3 aromatic rings. The fourth-order valence-corrected chi connectivity index (χ4v) is 13.4. The van der Waals surface area contributed by atoms with Gasteiger partial charge in [-0.25, -0.2) is 0 Å². The van der Waals surface area contributed by atoms with Gasteiger partial charge in [0.1, 0.15) is 23.9 Å². The Morgan fingerprint density at radius 2 is 1.81 bits per heavy atom. The standard InChI is InChI=1S/C50H64N4O8/c1-10-31-23-32-26-49(45(57)60-9,40-34(17-21-53(27-31)28-32)33-15-12-13-16-37(33)51-40)36-24-35-38(25-39(36)59-8)52(7)42-48(35)19-22-54-20-14-18-47(11-2,41(48)54)43(62-30(3)55)50(42,58)29-61-44(56)46(4,5)6/h12-16,18,23-25,32,41-43,51,58H,10-11,17,19-22,26-29H2,1-9H3/t32-,41?,42+,43+,47+,48+,49-,50?/m0/s1. The largest absolute Gasteiger partial charge is 0.496 e. The number of rotatable bonds is 8. The fourth-order valence-electron chi connectivity index (χ4n) is 13.4. The van der Waals surface area contributed by atoms with Crippen LogP contribution in [0.1, 0.15) is 89.6 Å². The number of aliphatic hydroxyl groups is 1. The highest BCUT2D eigenvalue weighted by atomic mass is 16.6. The van der Waals surface area contributed by atoms with Crippen LogP contribution in [0.15, 0.2) is 60.2 Å². The van der Waals surface area contributed by atoms with Crippen LogP contribution < -0.4 is 9.64 Å². The molecule has 1 aliphatic carbocycles. The number of nitrogens with zero attached hydrogens (tertiary/aromatic N) is 3. The number of esters is 3. The number of para-hydroxylation sites is 1. The molecule has 6 aliphatic rings. The second-order valence-corrected chi connectivity index (χ2v) is 20.0. The highest BCUT2D eigenvalue weighted by Crippen LogP contribution is 2.68. The number of aromatic amines is 1. The molecule has 2 bridgehead atoms. The van der Waals surface area contributed by atoms with Crippen molar-refractivity contribution in [3.05, 3.63) is 82.6 Å². The molecule has 9 rings (SSSR count). The van der Waals surface area contributed by atoms with Crippen LogP contribution in [0.5, 0.6) is 5.75 Å². The minimum absolute atomic E-state index is 0.0293. The molecule has 2 fully saturated rings. The Bertz CT molecular complexity index is 2380. The van der Waals surface area contributed by atoms with Gasteiger partial charge in [-0.15, -0.1) is 0 Å². The molecule has 1 spiro atoms. The summed E-state index contributed by atoms with van der Waals surface area (Å²) in [7, 11) is 5.11. The molecule has 0 amide bonds. The SMILES string of the molecule is CCC1=C[C@@H]2CN(CCc3c([nH]c4ccccc34)[C@@](C(=O)OC)(c3cc4c(cc3OC)N(C)[C@H]3C(O)(COC(=O)C(C)(C)C)[C@H](OC(C)=O)[C@]5(CC)C=CCN6CC[C@]43C65)C2)C1. The smallest absolute Gasteiger partial charge is 0.322 e. The number of likely N-dealkylation sites (N-methyl/N-ethyl adjacent to an activating group) is 1. The van der Waals surface area contributed by atoms with Crippen molar-refractivity contribution in [3.63, 3.8) is 0 Å². The molecule has 12 nitrogen and oxygen atoms in total. The lowest BCUT2D eigenvalue weighted by Crippen LogP contribution is -2.80. The predicted molar refractivity (Wildman–Crippen MR) is 237 cm³/mol. The minimum atomic E-state index is -1.87. The molecule has 5 aliphatic heterocycles. The Hall–Kier alpha value is -4.65. The molecule has 2 N–H and O–H groups in total. The van der Waals surface area contributed by atoms with Gasteiger partial charge >= 0.3 is 17.9 Å². The van der Waals surface area contributed by atoms with Gasteiger partial charge in [0, 0.05) is 90.9 Å². The summed E-state index contributed by atoms with van der Waals surface area (Å²) >= 11 is 0. The zero-order valence-electron chi connectivity index (χ0n) is 37.9. The third-order valence-corrected chi connectivity index (χ3v) is 15.7. The second-order valence-electron chi connectivity index (χ2n) is 20.0. The highest BCUT2D eigenvalue weighted by molar-refractivity contribution is 5.94. The van der Waals surface area contributed by atoms with E-state index in [1.807, 2.05) is 19.2 Å². The summed E-state index contributed by atoms with van der Waals surface area (Å²) in [5.74, 6) is -0.777. The Morgan fingerprint density at radius 1 is 1.03 bits per heavy atom. The average molecular weight is 849 g/mol. The lowest BCUT2D eigenvalue weighted by Gasteiger charge is -2.64. The van der Waals surface area contributed by atoms with Gasteiger partial charge in [-0.05, 0) is 88.6 Å². The van der Waals surface area contributed by atoms with E-state index in [0.717, 1.165) is 72.4 Å². The summed E-state index contributed by atoms with van der Waals surface area (Å²) in [6.45, 7) is 14.6. The number of nitrogens with one attached hydrogen (secondary N) is 1. The maximum atomic E-state index is 15.4. The Balaban J connectivity index is 1.34. The summed E-state index contributed by atoms with van der Waals surface area (Å²) in [4.78, 5) is 53.1. The maximum Gasteiger partial charge on any atom is 0.322 e. The Kier molecular flexibility index (Phi) is 10.3. The maximum absolute atomic E-state index is 15.4. The first-order valence-electron chi connectivity index (χ1n) is 22.6. The molecule has 12 heteroatoms. The number of anilines is 1. The van der Waals surface area contributed by atoms with Crippen LogP contribution in [0.3, 0.4) is 0 Å². The molecular formula is C50H64N4O8. The van der Waals surface area contributed by atoms with Crippen molar-refractivity contribution in [1.82, 2.24) is 14.8 Å². The molecule has 62 heavy (non-hydrogen) atoms. The predicted octanol–water partition coefficient (Wildman–Crippen LogP) is 6.21. The number of benzene rings is 2. The summed E-state index contributed by atoms with van der Waals surface area (Å²) in [5.41, 5.74) is 1.11. The van der Waals surface area contributed by atoms with E-state index in [0.29, 0.717) is 37.1 Å². The quantitative estimate of drug-likeness (QED) is 0.152. The van der Waals surface area contributed by atoms with E-state index in [4.69, 9.17) is 18.9 Å². The van der Waals surface area contributed by atoms with E-state index in [1.54, 1.807) is 27.9 Å². The lowest BCUT2D eigenvalue weighted by molar-refractivity contribution is -0.233. The first-order chi connectivity index (χ1) is 29.5. The number of fused-ring (bicyclic) bond motifs is 6. The molecule has 1 saturated carbocycles. The molecule has 3 unspecified atom stereocenters. The minimum Gasteiger partial charge on any atom is -0.496 e. The van der Waals surface area contributed by atoms with Gasteiger partial charge in [0.2, 0.25) is 0 Å². The molecule has 0 radical (unpaired) electrons. The fraction of sp³-hybridized carbons (Fsp3) is 0.580. The van der Waals surface area contributed by atoms with Crippen molar-refractivity contribution in [2.45, 2.75) is 108 Å². The normalized spacial score (nSPS) is 33.5. The molecule has 9 atom stereocenters. The number of carbonyl (C=O) groups excluding carboxylic acids is 3. The van der Waals surface area contributed by atoms with Gasteiger partial charge in [0.15, 0.2) is 5.60 Å². The van der Waals surface area contributed by atoms with Gasteiger partial charge in [-0.3, -0.25) is 24.2 Å². The second kappa shape index (κ2) is 15.0. The third-order valence-electron chi connectivity index (χ3n) is 15.7. The van der Waals surface area contributed by atoms with E-state index in [-0.39, 0.29) is 24.5 Å². The molecule has 1 saturated heterocycles. The van der Waals surface area contributed by atoms with Gasteiger partial charge < -0.3 is 33.9 Å². The summed E-state index contributed by atoms with van der Waals surface area (Å²) in [6, 6.07) is 11.6. The topological polar surface area (TPSA) is 134 Å². The van der Waals surface area contributed by atoms with Crippen molar-refractivity contribution in [2.75, 3.05) is 65.5 Å². The number of hydrogen-bond donors (Lipinski definition) is 2. The zero-order chi connectivity index (χ0) is 44.1. The first-order valence-corrected chi connectivity index (χ1v) is 22.6. The first kappa shape index (κ1) is 42.6. The molecule has 332 valence electrons. The summed E-state index contributed by atoms with van der Waals surface area (Å²) in [5, 5.41) is 14.9. The summed E-state index contributed by atoms with van der Waals surface area (Å²) < 4.78 is 25.0. The van der Waals surface area contributed by atoms with Crippen LogP contribution in [-0.4, -0.2) is 122 Å². The van der Waals surface area contributed by atoms with Crippen LogP contribution in [0, 0.1) is 16.7 Å². The molecular weight excluding hydrogens is 785 g/mol. The number of ether oxygens (including phenoxy) is 4. The Morgan fingerprint density at radius 3 is 2.50 bits per heavy atom.